The summed E-state index contributed by atoms with van der Waals surface area (Å²) in [4.78, 5) is 22.2. The van der Waals surface area contributed by atoms with Gasteiger partial charge in [-0.2, -0.15) is 0 Å². The summed E-state index contributed by atoms with van der Waals surface area (Å²) in [6.07, 6.45) is -0.527. The van der Waals surface area contributed by atoms with Crippen molar-refractivity contribution in [3.8, 4) is 0 Å². The second kappa shape index (κ2) is 5.72. The SMILES string of the molecule is O=C(NCc1cc(=O)[nH][nH]1)OCc1ccccc1. The monoisotopic (exact) mass is 247 g/mol. The first-order chi connectivity index (χ1) is 8.74. The molecule has 0 aliphatic heterocycles. The Labute approximate surface area is 103 Å². The van der Waals surface area contributed by atoms with E-state index >= 15 is 0 Å². The Bertz CT molecular complexity index is 559. The lowest BCUT2D eigenvalue weighted by atomic mass is 10.2. The molecule has 18 heavy (non-hydrogen) atoms. The van der Waals surface area contributed by atoms with Crippen molar-refractivity contribution in [2.24, 2.45) is 0 Å². The quantitative estimate of drug-likeness (QED) is 0.756. The molecule has 0 spiro atoms. The predicted molar refractivity (Wildman–Crippen MR) is 64.9 cm³/mol. The molecule has 2 aromatic rings. The zero-order valence-corrected chi connectivity index (χ0v) is 9.60. The van der Waals surface area contributed by atoms with Gasteiger partial charge in [0.05, 0.1) is 12.2 Å². The minimum Gasteiger partial charge on any atom is -0.445 e. The van der Waals surface area contributed by atoms with Crippen molar-refractivity contribution >= 4 is 6.09 Å². The molecule has 0 unspecified atom stereocenters. The normalized spacial score (nSPS) is 10.0. The molecule has 0 fully saturated rings. The Morgan fingerprint density at radius 1 is 1.22 bits per heavy atom. The Morgan fingerprint density at radius 2 is 2.00 bits per heavy atom. The predicted octanol–water partition coefficient (Wildman–Crippen LogP) is 1.13. The van der Waals surface area contributed by atoms with E-state index in [1.54, 1.807) is 0 Å². The van der Waals surface area contributed by atoms with Crippen LogP contribution in [0.4, 0.5) is 4.79 Å². The fraction of sp³-hybridized carbons (Fsp3) is 0.167. The molecule has 6 heteroatoms. The molecule has 0 aliphatic rings. The summed E-state index contributed by atoms with van der Waals surface area (Å²) < 4.78 is 5.00. The molecule has 2 rings (SSSR count). The number of carbonyl (C=O) groups is 1. The maximum absolute atomic E-state index is 11.4. The van der Waals surface area contributed by atoms with Crippen LogP contribution in [0.3, 0.4) is 0 Å². The van der Waals surface area contributed by atoms with Crippen molar-refractivity contribution in [2.75, 3.05) is 0 Å². The summed E-state index contributed by atoms with van der Waals surface area (Å²) >= 11 is 0. The van der Waals surface area contributed by atoms with Crippen molar-refractivity contribution in [1.29, 1.82) is 0 Å². The van der Waals surface area contributed by atoms with Gasteiger partial charge in [-0.25, -0.2) is 4.79 Å². The van der Waals surface area contributed by atoms with Crippen molar-refractivity contribution < 1.29 is 9.53 Å². The Kier molecular flexibility index (Phi) is 3.80. The highest BCUT2D eigenvalue weighted by Crippen LogP contribution is 2.00. The van der Waals surface area contributed by atoms with Gasteiger partial charge in [0.25, 0.3) is 5.56 Å². The number of aromatic nitrogens is 2. The minimum absolute atomic E-state index is 0.215. The lowest BCUT2D eigenvalue weighted by Gasteiger charge is -2.05. The van der Waals surface area contributed by atoms with Crippen LogP contribution < -0.4 is 10.9 Å². The highest BCUT2D eigenvalue weighted by molar-refractivity contribution is 5.67. The molecular weight excluding hydrogens is 234 g/mol. The molecule has 0 saturated heterocycles. The van der Waals surface area contributed by atoms with E-state index in [9.17, 15) is 9.59 Å². The van der Waals surface area contributed by atoms with Crippen LogP contribution in [0.25, 0.3) is 0 Å². The number of benzene rings is 1. The number of hydrogen-bond acceptors (Lipinski definition) is 3. The van der Waals surface area contributed by atoms with Crippen LogP contribution in [-0.2, 0) is 17.9 Å². The van der Waals surface area contributed by atoms with E-state index in [1.165, 1.54) is 6.07 Å². The Hall–Kier alpha value is -2.50. The first-order valence-corrected chi connectivity index (χ1v) is 5.45. The van der Waals surface area contributed by atoms with Crippen LogP contribution in [-0.4, -0.2) is 16.3 Å². The highest BCUT2D eigenvalue weighted by Gasteiger charge is 2.03. The highest BCUT2D eigenvalue weighted by atomic mass is 16.5. The number of alkyl carbamates (subject to hydrolysis) is 1. The van der Waals surface area contributed by atoms with Crippen LogP contribution in [0.5, 0.6) is 0 Å². The third-order valence-corrected chi connectivity index (χ3v) is 2.29. The van der Waals surface area contributed by atoms with Gasteiger partial charge >= 0.3 is 6.09 Å². The van der Waals surface area contributed by atoms with Gasteiger partial charge in [0.1, 0.15) is 6.61 Å². The van der Waals surface area contributed by atoms with Gasteiger partial charge in [0.2, 0.25) is 0 Å². The Balaban J connectivity index is 1.74. The summed E-state index contributed by atoms with van der Waals surface area (Å²) in [7, 11) is 0. The molecule has 1 amide bonds. The number of carbonyl (C=O) groups excluding carboxylic acids is 1. The van der Waals surface area contributed by atoms with E-state index in [4.69, 9.17) is 4.74 Å². The number of nitrogens with one attached hydrogen (secondary N) is 3. The van der Waals surface area contributed by atoms with Crippen molar-refractivity contribution in [1.82, 2.24) is 15.5 Å². The summed E-state index contributed by atoms with van der Waals surface area (Å²) in [6, 6.07) is 10.8. The number of ether oxygens (including phenoxy) is 1. The zero-order valence-electron chi connectivity index (χ0n) is 9.60. The van der Waals surface area contributed by atoms with Gasteiger partial charge in [0.15, 0.2) is 0 Å². The Morgan fingerprint density at radius 3 is 2.67 bits per heavy atom. The van der Waals surface area contributed by atoms with E-state index in [0.717, 1.165) is 5.56 Å². The van der Waals surface area contributed by atoms with Crippen molar-refractivity contribution in [3.63, 3.8) is 0 Å². The fourth-order valence-corrected chi connectivity index (χ4v) is 1.41. The van der Waals surface area contributed by atoms with Gasteiger partial charge in [0, 0.05) is 6.07 Å². The second-order valence-corrected chi connectivity index (χ2v) is 3.70. The summed E-state index contributed by atoms with van der Waals surface area (Å²) in [5.41, 5.74) is 1.28. The van der Waals surface area contributed by atoms with Crippen LogP contribution >= 0.6 is 0 Å². The maximum Gasteiger partial charge on any atom is 0.407 e. The zero-order chi connectivity index (χ0) is 12.8. The standard InChI is InChI=1S/C12H13N3O3/c16-11-6-10(14-15-11)7-13-12(17)18-8-9-4-2-1-3-5-9/h1-6H,7-8H2,(H,13,17)(H2,14,15,16). The molecule has 1 heterocycles. The summed E-state index contributed by atoms with van der Waals surface area (Å²) in [5.74, 6) is 0. The number of amides is 1. The van der Waals surface area contributed by atoms with Crippen LogP contribution in [0.2, 0.25) is 0 Å². The fourth-order valence-electron chi connectivity index (χ4n) is 1.41. The third-order valence-electron chi connectivity index (χ3n) is 2.29. The average Bonchev–Trinajstić information content (AvgIpc) is 2.81. The largest absolute Gasteiger partial charge is 0.445 e. The van der Waals surface area contributed by atoms with E-state index in [2.05, 4.69) is 15.5 Å². The molecule has 0 atom stereocenters. The number of H-pyrrole nitrogens is 2. The lowest BCUT2D eigenvalue weighted by molar-refractivity contribution is 0.139. The average molecular weight is 247 g/mol. The summed E-state index contributed by atoms with van der Waals surface area (Å²) in [6.45, 7) is 0.433. The molecule has 0 saturated carbocycles. The van der Waals surface area contributed by atoms with Crippen molar-refractivity contribution in [2.45, 2.75) is 13.2 Å². The summed E-state index contributed by atoms with van der Waals surface area (Å²) in [5, 5.41) is 7.54. The number of hydrogen-bond donors (Lipinski definition) is 3. The van der Waals surface area contributed by atoms with E-state index in [-0.39, 0.29) is 18.7 Å². The topological polar surface area (TPSA) is 87.0 Å². The molecule has 0 bridgehead atoms. The molecule has 94 valence electrons. The van der Waals surface area contributed by atoms with Gasteiger partial charge in [-0.1, -0.05) is 30.3 Å². The van der Waals surface area contributed by atoms with E-state index in [0.29, 0.717) is 5.69 Å². The maximum atomic E-state index is 11.4. The first kappa shape index (κ1) is 12.0. The van der Waals surface area contributed by atoms with Gasteiger partial charge < -0.3 is 15.2 Å². The minimum atomic E-state index is -0.527. The number of rotatable bonds is 4. The molecular formula is C12H13N3O3. The number of aromatic amines is 2. The van der Waals surface area contributed by atoms with Gasteiger partial charge in [-0.05, 0) is 5.56 Å². The molecule has 0 aliphatic carbocycles. The van der Waals surface area contributed by atoms with E-state index in [1.807, 2.05) is 30.3 Å². The van der Waals surface area contributed by atoms with Crippen LogP contribution in [0.1, 0.15) is 11.3 Å². The smallest absolute Gasteiger partial charge is 0.407 e. The van der Waals surface area contributed by atoms with Crippen LogP contribution in [0.15, 0.2) is 41.2 Å². The lowest BCUT2D eigenvalue weighted by Crippen LogP contribution is -2.23. The van der Waals surface area contributed by atoms with Gasteiger partial charge in [-0.3, -0.25) is 9.89 Å². The van der Waals surface area contributed by atoms with Crippen molar-refractivity contribution in [3.05, 3.63) is 58.0 Å². The third kappa shape index (κ3) is 3.51. The van der Waals surface area contributed by atoms with E-state index < -0.39 is 6.09 Å². The molecule has 6 nitrogen and oxygen atoms in total. The molecule has 3 N–H and O–H groups in total. The first-order valence-electron chi connectivity index (χ1n) is 5.45. The molecule has 0 radical (unpaired) electrons. The van der Waals surface area contributed by atoms with Crippen LogP contribution in [0, 0.1) is 0 Å². The molecule has 1 aromatic heterocycles. The van der Waals surface area contributed by atoms with Gasteiger partial charge in [-0.15, -0.1) is 0 Å². The molecule has 1 aromatic carbocycles. The second-order valence-electron chi connectivity index (χ2n) is 3.70.